The van der Waals surface area contributed by atoms with Crippen LogP contribution in [0.5, 0.6) is 5.75 Å². The number of nitrogens with one attached hydrogen (secondary N) is 1. The zero-order valence-electron chi connectivity index (χ0n) is 8.21. The number of aromatic hydroxyl groups is 1. The summed E-state index contributed by atoms with van der Waals surface area (Å²) in [5.74, 6) is 0.402. The highest BCUT2D eigenvalue weighted by Crippen LogP contribution is 2.48. The predicted molar refractivity (Wildman–Crippen MR) is 55.3 cm³/mol. The van der Waals surface area contributed by atoms with Gasteiger partial charge in [-0.15, -0.1) is 0 Å². The van der Waals surface area contributed by atoms with E-state index in [1.165, 1.54) is 30.4 Å². The lowest BCUT2D eigenvalue weighted by Crippen LogP contribution is -2.28. The fourth-order valence-corrected chi connectivity index (χ4v) is 2.50. The molecule has 1 saturated carbocycles. The Morgan fingerprint density at radius 3 is 2.93 bits per heavy atom. The molecule has 0 unspecified atom stereocenters. The molecule has 2 N–H and O–H groups in total. The Bertz CT molecular complexity index is 369. The molecule has 0 bridgehead atoms. The van der Waals surface area contributed by atoms with Crippen LogP contribution in [0.2, 0.25) is 0 Å². The molecule has 2 aliphatic rings. The third-order valence-electron chi connectivity index (χ3n) is 3.45. The van der Waals surface area contributed by atoms with E-state index in [-0.39, 0.29) is 5.54 Å². The van der Waals surface area contributed by atoms with Crippen LogP contribution in [-0.2, 0) is 12.0 Å². The number of phenolic OH excluding ortho intramolecular Hbond substituents is 1. The highest BCUT2D eigenvalue weighted by molar-refractivity contribution is 5.43. The molecule has 1 heterocycles. The second-order valence-corrected chi connectivity index (χ2v) is 4.45. The molecule has 1 aliphatic carbocycles. The molecule has 1 spiro atoms. The van der Waals surface area contributed by atoms with Crippen molar-refractivity contribution >= 4 is 0 Å². The molecule has 1 aromatic carbocycles. The van der Waals surface area contributed by atoms with Crippen LogP contribution in [0.1, 0.15) is 30.4 Å². The smallest absolute Gasteiger partial charge is 0.115 e. The molecule has 2 nitrogen and oxygen atoms in total. The minimum atomic E-state index is 0.227. The topological polar surface area (TPSA) is 32.3 Å². The Morgan fingerprint density at radius 1 is 1.29 bits per heavy atom. The first kappa shape index (κ1) is 8.30. The van der Waals surface area contributed by atoms with E-state index in [4.69, 9.17) is 0 Å². The SMILES string of the molecule is Oc1ccc2c(c1)C1(CC1)NCCC2. The average molecular weight is 189 g/mol. The van der Waals surface area contributed by atoms with Gasteiger partial charge in [-0.05, 0) is 55.5 Å². The third-order valence-corrected chi connectivity index (χ3v) is 3.45. The second kappa shape index (κ2) is 2.74. The van der Waals surface area contributed by atoms with Crippen molar-refractivity contribution in [3.05, 3.63) is 29.3 Å². The summed E-state index contributed by atoms with van der Waals surface area (Å²) >= 11 is 0. The molecule has 0 amide bonds. The van der Waals surface area contributed by atoms with Crippen molar-refractivity contribution in [2.24, 2.45) is 0 Å². The van der Waals surface area contributed by atoms with Crippen molar-refractivity contribution < 1.29 is 5.11 Å². The van der Waals surface area contributed by atoms with Crippen molar-refractivity contribution in [2.45, 2.75) is 31.2 Å². The number of benzene rings is 1. The van der Waals surface area contributed by atoms with E-state index in [1.807, 2.05) is 6.07 Å². The van der Waals surface area contributed by atoms with Crippen LogP contribution in [0, 0.1) is 0 Å². The van der Waals surface area contributed by atoms with Crippen LogP contribution in [0.15, 0.2) is 18.2 Å². The third kappa shape index (κ3) is 1.14. The molecule has 1 fully saturated rings. The molecule has 1 aromatic rings. The fraction of sp³-hybridized carbons (Fsp3) is 0.500. The summed E-state index contributed by atoms with van der Waals surface area (Å²) in [7, 11) is 0. The molecule has 1 aliphatic heterocycles. The second-order valence-electron chi connectivity index (χ2n) is 4.45. The van der Waals surface area contributed by atoms with Gasteiger partial charge in [-0.2, -0.15) is 0 Å². The largest absolute Gasteiger partial charge is 0.508 e. The van der Waals surface area contributed by atoms with Crippen molar-refractivity contribution in [1.82, 2.24) is 5.32 Å². The monoisotopic (exact) mass is 189 g/mol. The lowest BCUT2D eigenvalue weighted by Gasteiger charge is -2.17. The molecule has 3 rings (SSSR count). The number of hydrogen-bond donors (Lipinski definition) is 2. The highest BCUT2D eigenvalue weighted by Gasteiger charge is 2.45. The summed E-state index contributed by atoms with van der Waals surface area (Å²) in [6, 6.07) is 5.83. The van der Waals surface area contributed by atoms with Crippen molar-refractivity contribution in [2.75, 3.05) is 6.54 Å². The van der Waals surface area contributed by atoms with Crippen LogP contribution < -0.4 is 5.32 Å². The minimum Gasteiger partial charge on any atom is -0.508 e. The highest BCUT2D eigenvalue weighted by atomic mass is 16.3. The quantitative estimate of drug-likeness (QED) is 0.653. The van der Waals surface area contributed by atoms with Gasteiger partial charge < -0.3 is 10.4 Å². The number of fused-ring (bicyclic) bond motifs is 2. The van der Waals surface area contributed by atoms with Gasteiger partial charge in [0.25, 0.3) is 0 Å². The average Bonchev–Trinajstić information content (AvgIpc) is 2.97. The predicted octanol–water partition coefficient (Wildman–Crippen LogP) is 1.92. The van der Waals surface area contributed by atoms with Crippen LogP contribution in [0.4, 0.5) is 0 Å². The van der Waals surface area contributed by atoms with E-state index in [2.05, 4.69) is 11.4 Å². The van der Waals surface area contributed by atoms with Gasteiger partial charge in [-0.1, -0.05) is 6.07 Å². The number of phenols is 1. The first-order valence-corrected chi connectivity index (χ1v) is 5.38. The Balaban J connectivity index is 2.13. The lowest BCUT2D eigenvalue weighted by molar-refractivity contribution is 0.470. The van der Waals surface area contributed by atoms with Gasteiger partial charge in [0.2, 0.25) is 0 Å². The standard InChI is InChI=1S/C12H15NO/c14-10-4-3-9-2-1-7-13-12(5-6-12)11(9)8-10/h3-4,8,13-14H,1-2,5-7H2. The molecular weight excluding hydrogens is 174 g/mol. The molecule has 0 atom stereocenters. The maximum Gasteiger partial charge on any atom is 0.115 e. The van der Waals surface area contributed by atoms with Gasteiger partial charge in [0.05, 0.1) is 0 Å². The van der Waals surface area contributed by atoms with Gasteiger partial charge in [0, 0.05) is 5.54 Å². The molecule has 0 saturated heterocycles. The molecule has 2 heteroatoms. The molecule has 0 radical (unpaired) electrons. The van der Waals surface area contributed by atoms with Gasteiger partial charge in [-0.25, -0.2) is 0 Å². The molecule has 74 valence electrons. The van der Waals surface area contributed by atoms with Crippen LogP contribution in [-0.4, -0.2) is 11.7 Å². The zero-order chi connectivity index (χ0) is 9.60. The van der Waals surface area contributed by atoms with E-state index in [0.29, 0.717) is 5.75 Å². The number of hydrogen-bond acceptors (Lipinski definition) is 2. The van der Waals surface area contributed by atoms with E-state index in [0.717, 1.165) is 13.0 Å². The number of rotatable bonds is 0. The Kier molecular flexibility index (Phi) is 1.62. The molecular formula is C12H15NO. The van der Waals surface area contributed by atoms with Crippen molar-refractivity contribution in [1.29, 1.82) is 0 Å². The van der Waals surface area contributed by atoms with E-state index >= 15 is 0 Å². The Labute approximate surface area is 84.0 Å². The maximum atomic E-state index is 9.51. The van der Waals surface area contributed by atoms with Gasteiger partial charge in [0.1, 0.15) is 5.75 Å². The van der Waals surface area contributed by atoms with Gasteiger partial charge in [0.15, 0.2) is 0 Å². The fourth-order valence-electron chi connectivity index (χ4n) is 2.50. The summed E-state index contributed by atoms with van der Waals surface area (Å²) in [6.45, 7) is 1.11. The minimum absolute atomic E-state index is 0.227. The normalized spacial score (nSPS) is 22.9. The maximum absolute atomic E-state index is 9.51. The zero-order valence-corrected chi connectivity index (χ0v) is 8.21. The lowest BCUT2D eigenvalue weighted by atomic mass is 9.97. The van der Waals surface area contributed by atoms with Gasteiger partial charge in [-0.3, -0.25) is 0 Å². The summed E-state index contributed by atoms with van der Waals surface area (Å²) < 4.78 is 0. The van der Waals surface area contributed by atoms with E-state index in [9.17, 15) is 5.11 Å². The summed E-state index contributed by atoms with van der Waals surface area (Å²) in [4.78, 5) is 0. The molecule has 0 aromatic heterocycles. The summed E-state index contributed by atoms with van der Waals surface area (Å²) in [6.07, 6.45) is 4.80. The Morgan fingerprint density at radius 2 is 2.14 bits per heavy atom. The van der Waals surface area contributed by atoms with Crippen LogP contribution in [0.25, 0.3) is 0 Å². The van der Waals surface area contributed by atoms with E-state index < -0.39 is 0 Å². The van der Waals surface area contributed by atoms with Crippen molar-refractivity contribution in [3.63, 3.8) is 0 Å². The van der Waals surface area contributed by atoms with Crippen LogP contribution >= 0.6 is 0 Å². The van der Waals surface area contributed by atoms with Crippen LogP contribution in [0.3, 0.4) is 0 Å². The first-order chi connectivity index (χ1) is 6.80. The van der Waals surface area contributed by atoms with E-state index in [1.54, 1.807) is 6.07 Å². The summed E-state index contributed by atoms with van der Waals surface area (Å²) in [5.41, 5.74) is 2.99. The Hall–Kier alpha value is -1.02. The number of aryl methyl sites for hydroxylation is 1. The van der Waals surface area contributed by atoms with Gasteiger partial charge >= 0.3 is 0 Å². The first-order valence-electron chi connectivity index (χ1n) is 5.38. The summed E-state index contributed by atoms with van der Waals surface area (Å²) in [5, 5.41) is 13.1. The molecule has 14 heavy (non-hydrogen) atoms. The van der Waals surface area contributed by atoms with Crippen molar-refractivity contribution in [3.8, 4) is 5.75 Å².